The molecule has 1 heterocycles. The van der Waals surface area contributed by atoms with Crippen molar-refractivity contribution in [2.45, 2.75) is 25.9 Å². The molecule has 0 spiro atoms. The maximum absolute atomic E-state index is 8.86. The molecule has 1 unspecified atom stereocenters. The van der Waals surface area contributed by atoms with Crippen LogP contribution in [0.15, 0.2) is 16.9 Å². The van der Waals surface area contributed by atoms with E-state index in [-0.39, 0.29) is 6.04 Å². The summed E-state index contributed by atoms with van der Waals surface area (Å²) < 4.78 is 2.69. The summed E-state index contributed by atoms with van der Waals surface area (Å²) in [6, 6.07) is 2.04. The van der Waals surface area contributed by atoms with Crippen LogP contribution < -0.4 is 5.32 Å². The maximum Gasteiger partial charge on any atom is 0.115 e. The molecule has 1 rings (SSSR count). The van der Waals surface area contributed by atoms with Gasteiger partial charge in [-0.15, -0.1) is 0 Å². The summed E-state index contributed by atoms with van der Waals surface area (Å²) in [5.74, 6) is 0. The topological polar surface area (TPSA) is 53.6 Å². The van der Waals surface area contributed by atoms with Crippen LogP contribution in [-0.4, -0.2) is 22.4 Å². The standard InChI is InChI=1S/C9H13BrN4/c1-2-3-12-9(4-11)7-14-6-8(10)5-13-14/h5-6,9,12H,2-3,7H2,1H3. The molecule has 0 aliphatic rings. The second-order valence-electron chi connectivity index (χ2n) is 3.02. The van der Waals surface area contributed by atoms with Gasteiger partial charge in [0.15, 0.2) is 0 Å². The second-order valence-corrected chi connectivity index (χ2v) is 3.93. The van der Waals surface area contributed by atoms with E-state index in [1.54, 1.807) is 10.9 Å². The number of halogens is 1. The van der Waals surface area contributed by atoms with Gasteiger partial charge in [0.1, 0.15) is 6.04 Å². The lowest BCUT2D eigenvalue weighted by atomic mass is 10.3. The van der Waals surface area contributed by atoms with E-state index in [1.165, 1.54) is 0 Å². The minimum atomic E-state index is -0.165. The molecule has 0 aliphatic carbocycles. The van der Waals surface area contributed by atoms with Crippen molar-refractivity contribution in [3.05, 3.63) is 16.9 Å². The molecule has 0 amide bonds. The van der Waals surface area contributed by atoms with Crippen molar-refractivity contribution in [1.82, 2.24) is 15.1 Å². The first-order chi connectivity index (χ1) is 6.76. The number of rotatable bonds is 5. The lowest BCUT2D eigenvalue weighted by molar-refractivity contribution is 0.491. The molecule has 0 radical (unpaired) electrons. The first-order valence-corrected chi connectivity index (χ1v) is 5.36. The van der Waals surface area contributed by atoms with E-state index < -0.39 is 0 Å². The third kappa shape index (κ3) is 3.48. The van der Waals surface area contributed by atoms with Gasteiger partial charge < -0.3 is 5.32 Å². The highest BCUT2D eigenvalue weighted by Crippen LogP contribution is 2.06. The molecule has 1 N–H and O–H groups in total. The van der Waals surface area contributed by atoms with Gasteiger partial charge in [0, 0.05) is 6.20 Å². The summed E-state index contributed by atoms with van der Waals surface area (Å²) in [6.07, 6.45) is 4.60. The summed E-state index contributed by atoms with van der Waals surface area (Å²) in [5, 5.41) is 16.1. The molecule has 0 fully saturated rings. The smallest absolute Gasteiger partial charge is 0.115 e. The van der Waals surface area contributed by atoms with Crippen LogP contribution in [0.4, 0.5) is 0 Å². The fraction of sp³-hybridized carbons (Fsp3) is 0.556. The van der Waals surface area contributed by atoms with E-state index in [4.69, 9.17) is 5.26 Å². The molecule has 0 bridgehead atoms. The van der Waals surface area contributed by atoms with E-state index in [9.17, 15) is 0 Å². The second kappa shape index (κ2) is 5.78. The van der Waals surface area contributed by atoms with Gasteiger partial charge in [-0.3, -0.25) is 4.68 Å². The molecule has 5 heteroatoms. The van der Waals surface area contributed by atoms with Crippen molar-refractivity contribution >= 4 is 15.9 Å². The molecule has 0 aliphatic heterocycles. The van der Waals surface area contributed by atoms with Crippen LogP contribution in [0.25, 0.3) is 0 Å². The average Bonchev–Trinajstić information content (AvgIpc) is 2.58. The van der Waals surface area contributed by atoms with Crippen molar-refractivity contribution in [2.75, 3.05) is 6.54 Å². The van der Waals surface area contributed by atoms with E-state index >= 15 is 0 Å². The molecule has 0 saturated carbocycles. The quantitative estimate of drug-likeness (QED) is 0.870. The molecule has 4 nitrogen and oxygen atoms in total. The van der Waals surface area contributed by atoms with Crippen LogP contribution in [0, 0.1) is 11.3 Å². The van der Waals surface area contributed by atoms with Crippen molar-refractivity contribution in [1.29, 1.82) is 5.26 Å². The largest absolute Gasteiger partial charge is 0.300 e. The predicted molar refractivity (Wildman–Crippen MR) is 57.6 cm³/mol. The van der Waals surface area contributed by atoms with Crippen molar-refractivity contribution in [3.63, 3.8) is 0 Å². The molecular formula is C9H13BrN4. The van der Waals surface area contributed by atoms with Crippen molar-refractivity contribution < 1.29 is 0 Å². The Morgan fingerprint density at radius 3 is 3.07 bits per heavy atom. The lowest BCUT2D eigenvalue weighted by Crippen LogP contribution is -2.32. The van der Waals surface area contributed by atoms with Gasteiger partial charge in [-0.2, -0.15) is 10.4 Å². The molecule has 14 heavy (non-hydrogen) atoms. The normalized spacial score (nSPS) is 12.4. The summed E-state index contributed by atoms with van der Waals surface area (Å²) in [7, 11) is 0. The van der Waals surface area contributed by atoms with Crippen LogP contribution >= 0.6 is 15.9 Å². The molecule has 1 atom stereocenters. The highest BCUT2D eigenvalue weighted by molar-refractivity contribution is 9.10. The molecule has 76 valence electrons. The Kier molecular flexibility index (Phi) is 4.63. The zero-order valence-electron chi connectivity index (χ0n) is 8.07. The molecule has 1 aromatic heterocycles. The van der Waals surface area contributed by atoms with Crippen molar-refractivity contribution in [3.8, 4) is 6.07 Å². The lowest BCUT2D eigenvalue weighted by Gasteiger charge is -2.10. The number of hydrogen-bond acceptors (Lipinski definition) is 3. The zero-order chi connectivity index (χ0) is 10.4. The Morgan fingerprint density at radius 2 is 2.57 bits per heavy atom. The van der Waals surface area contributed by atoms with E-state index in [2.05, 4.69) is 39.3 Å². The average molecular weight is 257 g/mol. The van der Waals surface area contributed by atoms with Crippen LogP contribution in [0.3, 0.4) is 0 Å². The Bertz CT molecular complexity index is 315. The van der Waals surface area contributed by atoms with Gasteiger partial charge >= 0.3 is 0 Å². The minimum Gasteiger partial charge on any atom is -0.300 e. The monoisotopic (exact) mass is 256 g/mol. The first kappa shape index (κ1) is 11.2. The molecule has 0 aromatic carbocycles. The van der Waals surface area contributed by atoms with Crippen LogP contribution in [-0.2, 0) is 6.54 Å². The fourth-order valence-electron chi connectivity index (χ4n) is 1.09. The predicted octanol–water partition coefficient (Wildman–Crippen LogP) is 1.54. The number of nitrogens with zero attached hydrogens (tertiary/aromatic N) is 3. The van der Waals surface area contributed by atoms with Crippen LogP contribution in [0.5, 0.6) is 0 Å². The fourth-order valence-corrected chi connectivity index (χ4v) is 1.42. The van der Waals surface area contributed by atoms with E-state index in [1.807, 2.05) is 6.20 Å². The Hall–Kier alpha value is -0.860. The first-order valence-electron chi connectivity index (χ1n) is 4.57. The third-order valence-electron chi connectivity index (χ3n) is 1.77. The number of nitrogens with one attached hydrogen (secondary N) is 1. The van der Waals surface area contributed by atoms with Gasteiger partial charge in [-0.05, 0) is 28.9 Å². The minimum absolute atomic E-state index is 0.165. The molecular weight excluding hydrogens is 244 g/mol. The highest BCUT2D eigenvalue weighted by atomic mass is 79.9. The summed E-state index contributed by atoms with van der Waals surface area (Å²) in [5.41, 5.74) is 0. The Labute approximate surface area is 92.0 Å². The summed E-state index contributed by atoms with van der Waals surface area (Å²) in [4.78, 5) is 0. The Morgan fingerprint density at radius 1 is 1.79 bits per heavy atom. The summed E-state index contributed by atoms with van der Waals surface area (Å²) in [6.45, 7) is 3.52. The van der Waals surface area contributed by atoms with Gasteiger partial charge in [0.05, 0.1) is 23.3 Å². The zero-order valence-corrected chi connectivity index (χ0v) is 9.66. The van der Waals surface area contributed by atoms with Gasteiger partial charge in [-0.25, -0.2) is 0 Å². The third-order valence-corrected chi connectivity index (χ3v) is 2.18. The highest BCUT2D eigenvalue weighted by Gasteiger charge is 2.07. The number of hydrogen-bond donors (Lipinski definition) is 1. The van der Waals surface area contributed by atoms with Crippen molar-refractivity contribution in [2.24, 2.45) is 0 Å². The van der Waals surface area contributed by atoms with E-state index in [0.29, 0.717) is 6.54 Å². The summed E-state index contributed by atoms with van der Waals surface area (Å²) >= 11 is 3.31. The van der Waals surface area contributed by atoms with Gasteiger partial charge in [0.25, 0.3) is 0 Å². The molecule has 0 saturated heterocycles. The van der Waals surface area contributed by atoms with E-state index in [0.717, 1.165) is 17.4 Å². The van der Waals surface area contributed by atoms with Crippen LogP contribution in [0.2, 0.25) is 0 Å². The maximum atomic E-state index is 8.86. The SMILES string of the molecule is CCCNC(C#N)Cn1cc(Br)cn1. The number of nitriles is 1. The molecule has 1 aromatic rings. The van der Waals surface area contributed by atoms with Gasteiger partial charge in [-0.1, -0.05) is 6.92 Å². The Balaban J connectivity index is 2.45. The number of aromatic nitrogens is 2. The van der Waals surface area contributed by atoms with Gasteiger partial charge in [0.2, 0.25) is 0 Å². The van der Waals surface area contributed by atoms with Crippen LogP contribution in [0.1, 0.15) is 13.3 Å².